The fourth-order valence-electron chi connectivity index (χ4n) is 2.15. The molecule has 110 valence electrons. The first kappa shape index (κ1) is 16.0. The molecule has 3 nitrogen and oxygen atoms in total. The summed E-state index contributed by atoms with van der Waals surface area (Å²) in [5, 5.41) is 0. The van der Waals surface area contributed by atoms with Gasteiger partial charge in [-0.25, -0.2) is 4.98 Å². The van der Waals surface area contributed by atoms with Crippen LogP contribution >= 0.6 is 34.2 Å². The second-order valence-corrected chi connectivity index (χ2v) is 6.84. The zero-order chi connectivity index (χ0) is 14.5. The van der Waals surface area contributed by atoms with Crippen molar-refractivity contribution >= 4 is 45.2 Å². The van der Waals surface area contributed by atoms with Crippen molar-refractivity contribution in [3.05, 3.63) is 27.6 Å². The number of halogens is 2. The molecular formula is C15H20ClIN2O. The van der Waals surface area contributed by atoms with Crippen LogP contribution in [-0.4, -0.2) is 28.6 Å². The Morgan fingerprint density at radius 3 is 2.90 bits per heavy atom. The molecule has 0 bridgehead atoms. The third kappa shape index (κ3) is 4.09. The molecular weight excluding hydrogens is 387 g/mol. The van der Waals surface area contributed by atoms with E-state index in [9.17, 15) is 0 Å². The van der Waals surface area contributed by atoms with Crippen LogP contribution in [0.25, 0.3) is 11.0 Å². The Morgan fingerprint density at radius 1 is 1.40 bits per heavy atom. The highest BCUT2D eigenvalue weighted by molar-refractivity contribution is 14.1. The first-order valence-electron chi connectivity index (χ1n) is 6.90. The molecule has 0 saturated heterocycles. The lowest BCUT2D eigenvalue weighted by molar-refractivity contribution is 0.103. The van der Waals surface area contributed by atoms with E-state index in [0.29, 0.717) is 18.4 Å². The number of nitrogens with zero attached hydrogens (tertiary/aromatic N) is 2. The molecule has 1 heterocycles. The van der Waals surface area contributed by atoms with Gasteiger partial charge in [0.1, 0.15) is 5.82 Å². The number of fused-ring (bicyclic) bond motifs is 1. The van der Waals surface area contributed by atoms with Crippen molar-refractivity contribution in [3.8, 4) is 0 Å². The van der Waals surface area contributed by atoms with E-state index in [1.54, 1.807) is 0 Å². The summed E-state index contributed by atoms with van der Waals surface area (Å²) in [5.41, 5.74) is 2.21. The van der Waals surface area contributed by atoms with Gasteiger partial charge in [-0.15, -0.1) is 11.6 Å². The first-order valence-corrected chi connectivity index (χ1v) is 8.51. The van der Waals surface area contributed by atoms with Gasteiger partial charge in [0.25, 0.3) is 0 Å². The lowest BCUT2D eigenvalue weighted by Crippen LogP contribution is -2.12. The van der Waals surface area contributed by atoms with Crippen molar-refractivity contribution in [2.24, 2.45) is 5.92 Å². The molecule has 0 aliphatic carbocycles. The van der Waals surface area contributed by atoms with Crippen LogP contribution in [0.15, 0.2) is 18.2 Å². The number of aromatic nitrogens is 2. The van der Waals surface area contributed by atoms with Crippen LogP contribution in [0.3, 0.4) is 0 Å². The molecule has 0 fully saturated rings. The summed E-state index contributed by atoms with van der Waals surface area (Å²) in [7, 11) is 0. The maximum absolute atomic E-state index is 5.88. The lowest BCUT2D eigenvalue weighted by Gasteiger charge is -2.10. The fraction of sp³-hybridized carbons (Fsp3) is 0.533. The SMILES string of the molecule is CC(C)COCCn1c(CCCl)nc2cc(I)ccc21. The first-order chi connectivity index (χ1) is 9.61. The monoisotopic (exact) mass is 406 g/mol. The van der Waals surface area contributed by atoms with E-state index < -0.39 is 0 Å². The smallest absolute Gasteiger partial charge is 0.111 e. The minimum atomic E-state index is 0.568. The molecule has 0 N–H and O–H groups in total. The van der Waals surface area contributed by atoms with Crippen molar-refractivity contribution < 1.29 is 4.74 Å². The summed E-state index contributed by atoms with van der Waals surface area (Å²) in [6.07, 6.45) is 0.789. The van der Waals surface area contributed by atoms with Gasteiger partial charge in [0, 0.05) is 29.0 Å². The molecule has 1 aromatic carbocycles. The van der Waals surface area contributed by atoms with Crippen LogP contribution in [-0.2, 0) is 17.7 Å². The summed E-state index contributed by atoms with van der Waals surface area (Å²) >= 11 is 8.20. The Labute approximate surface area is 138 Å². The van der Waals surface area contributed by atoms with Gasteiger partial charge in [0.2, 0.25) is 0 Å². The van der Waals surface area contributed by atoms with E-state index in [2.05, 4.69) is 59.2 Å². The highest BCUT2D eigenvalue weighted by Gasteiger charge is 2.10. The summed E-state index contributed by atoms with van der Waals surface area (Å²) in [6.45, 7) is 6.66. The molecule has 0 spiro atoms. The molecule has 2 rings (SSSR count). The lowest BCUT2D eigenvalue weighted by atomic mass is 10.2. The topological polar surface area (TPSA) is 27.1 Å². The normalized spacial score (nSPS) is 11.7. The van der Waals surface area contributed by atoms with E-state index >= 15 is 0 Å². The second kappa shape index (κ2) is 7.61. The molecule has 0 saturated carbocycles. The van der Waals surface area contributed by atoms with Crippen molar-refractivity contribution in [1.82, 2.24) is 9.55 Å². The van der Waals surface area contributed by atoms with E-state index in [-0.39, 0.29) is 0 Å². The Morgan fingerprint density at radius 2 is 2.20 bits per heavy atom. The summed E-state index contributed by atoms with van der Waals surface area (Å²) < 4.78 is 9.12. The fourth-order valence-corrected chi connectivity index (χ4v) is 2.80. The molecule has 0 atom stereocenters. The number of ether oxygens (including phenoxy) is 1. The zero-order valence-corrected chi connectivity index (χ0v) is 14.8. The zero-order valence-electron chi connectivity index (χ0n) is 11.9. The van der Waals surface area contributed by atoms with Crippen LogP contribution < -0.4 is 0 Å². The molecule has 5 heteroatoms. The van der Waals surface area contributed by atoms with Crippen molar-refractivity contribution in [3.63, 3.8) is 0 Å². The Kier molecular flexibility index (Phi) is 6.11. The van der Waals surface area contributed by atoms with Crippen LogP contribution in [0.4, 0.5) is 0 Å². The van der Waals surface area contributed by atoms with E-state index in [0.717, 1.165) is 30.9 Å². The van der Waals surface area contributed by atoms with Gasteiger partial charge in [-0.3, -0.25) is 0 Å². The molecule has 0 unspecified atom stereocenters. The predicted molar refractivity (Wildman–Crippen MR) is 92.5 cm³/mol. The number of hydrogen-bond donors (Lipinski definition) is 0. The Bertz CT molecular complexity index is 568. The standard InChI is InChI=1S/C15H20ClIN2O/c1-11(2)10-20-8-7-19-14-4-3-12(17)9-13(14)18-15(19)5-6-16/h3-4,9,11H,5-8,10H2,1-2H3. The molecule has 0 aliphatic heterocycles. The minimum absolute atomic E-state index is 0.568. The van der Waals surface area contributed by atoms with Crippen LogP contribution in [0.2, 0.25) is 0 Å². The van der Waals surface area contributed by atoms with Crippen molar-refractivity contribution in [2.45, 2.75) is 26.8 Å². The number of imidazole rings is 1. The number of rotatable bonds is 7. The number of alkyl halides is 1. The minimum Gasteiger partial charge on any atom is -0.379 e. The maximum Gasteiger partial charge on any atom is 0.111 e. The van der Waals surface area contributed by atoms with Gasteiger partial charge in [0.15, 0.2) is 0 Å². The van der Waals surface area contributed by atoms with E-state index in [1.165, 1.54) is 9.09 Å². The van der Waals surface area contributed by atoms with E-state index in [4.69, 9.17) is 21.3 Å². The molecule has 1 aromatic heterocycles. The van der Waals surface area contributed by atoms with Gasteiger partial charge in [-0.2, -0.15) is 0 Å². The maximum atomic E-state index is 5.88. The average Bonchev–Trinajstić information content (AvgIpc) is 2.72. The number of benzene rings is 1. The summed E-state index contributed by atoms with van der Waals surface area (Å²) in [6, 6.07) is 6.35. The molecule has 0 amide bonds. The average molecular weight is 407 g/mol. The van der Waals surface area contributed by atoms with Crippen molar-refractivity contribution in [1.29, 1.82) is 0 Å². The number of hydrogen-bond acceptors (Lipinski definition) is 2. The predicted octanol–water partition coefficient (Wildman–Crippen LogP) is 4.09. The quantitative estimate of drug-likeness (QED) is 0.393. The Hall–Kier alpha value is -0.330. The molecule has 0 aliphatic rings. The second-order valence-electron chi connectivity index (χ2n) is 5.22. The Balaban J connectivity index is 2.17. The largest absolute Gasteiger partial charge is 0.379 e. The van der Waals surface area contributed by atoms with Gasteiger partial charge >= 0.3 is 0 Å². The van der Waals surface area contributed by atoms with Crippen molar-refractivity contribution in [2.75, 3.05) is 19.1 Å². The third-order valence-corrected chi connectivity index (χ3v) is 3.88. The number of aryl methyl sites for hydroxylation is 1. The van der Waals surface area contributed by atoms with Gasteiger partial charge in [0.05, 0.1) is 17.6 Å². The van der Waals surface area contributed by atoms with E-state index in [1.807, 2.05) is 0 Å². The van der Waals surface area contributed by atoms with Gasteiger partial charge in [-0.1, -0.05) is 13.8 Å². The highest BCUT2D eigenvalue weighted by atomic mass is 127. The van der Waals surface area contributed by atoms with Crippen LogP contribution in [0.1, 0.15) is 19.7 Å². The summed E-state index contributed by atoms with van der Waals surface area (Å²) in [5.74, 6) is 2.20. The highest BCUT2D eigenvalue weighted by Crippen LogP contribution is 2.19. The molecule has 0 radical (unpaired) electrons. The molecule has 2 aromatic rings. The van der Waals surface area contributed by atoms with Gasteiger partial charge < -0.3 is 9.30 Å². The third-order valence-electron chi connectivity index (χ3n) is 3.02. The summed E-state index contributed by atoms with van der Waals surface area (Å²) in [4.78, 5) is 4.70. The molecule has 20 heavy (non-hydrogen) atoms. The van der Waals surface area contributed by atoms with Crippen LogP contribution in [0, 0.1) is 9.49 Å². The van der Waals surface area contributed by atoms with Gasteiger partial charge in [-0.05, 0) is 46.7 Å². The van der Waals surface area contributed by atoms with Crippen LogP contribution in [0.5, 0.6) is 0 Å².